The summed E-state index contributed by atoms with van der Waals surface area (Å²) in [5.74, 6) is -0.646. The van der Waals surface area contributed by atoms with Gasteiger partial charge in [-0.15, -0.1) is 0 Å². The lowest BCUT2D eigenvalue weighted by Gasteiger charge is -2.13. The maximum absolute atomic E-state index is 14.3. The number of pyridine rings is 1. The number of thiazole rings is 1. The normalized spacial score (nSPS) is 11.6. The highest BCUT2D eigenvalue weighted by Crippen LogP contribution is 2.34. The number of benzene rings is 2. The molecule has 1 N–H and O–H groups in total. The molecule has 148 valence electrons. The fourth-order valence-electron chi connectivity index (χ4n) is 2.89. The molecule has 0 aliphatic carbocycles. The summed E-state index contributed by atoms with van der Waals surface area (Å²) in [6.45, 7) is 1.79. The minimum atomic E-state index is -4.12. The predicted molar refractivity (Wildman–Crippen MR) is 111 cm³/mol. The van der Waals surface area contributed by atoms with Gasteiger partial charge in [0.1, 0.15) is 31.8 Å². The number of sulfonamides is 1. The molecule has 9 heteroatoms. The topological polar surface area (TPSA) is 81.2 Å². The van der Waals surface area contributed by atoms with E-state index in [1.807, 2.05) is 18.2 Å². The van der Waals surface area contributed by atoms with Gasteiger partial charge in [-0.25, -0.2) is 22.8 Å². The van der Waals surface area contributed by atoms with E-state index in [2.05, 4.69) is 14.7 Å². The first-order chi connectivity index (χ1) is 13.9. The van der Waals surface area contributed by atoms with Crippen molar-refractivity contribution in [2.24, 2.45) is 0 Å². The van der Waals surface area contributed by atoms with Gasteiger partial charge in [0.2, 0.25) is 0 Å². The van der Waals surface area contributed by atoms with Crippen molar-refractivity contribution in [1.82, 2.24) is 9.97 Å². The average Bonchev–Trinajstić information content (AvgIpc) is 3.13. The predicted octanol–water partition coefficient (Wildman–Crippen LogP) is 4.62. The van der Waals surface area contributed by atoms with Crippen molar-refractivity contribution in [3.05, 3.63) is 66.1 Å². The molecule has 0 unspecified atom stereocenters. The molecule has 2 aromatic heterocycles. The number of hydrogen-bond acceptors (Lipinski definition) is 6. The van der Waals surface area contributed by atoms with E-state index in [9.17, 15) is 12.8 Å². The summed E-state index contributed by atoms with van der Waals surface area (Å²) in [6, 6.07) is 12.5. The van der Waals surface area contributed by atoms with Crippen LogP contribution in [0.4, 0.5) is 10.1 Å². The van der Waals surface area contributed by atoms with Gasteiger partial charge in [0.15, 0.2) is 0 Å². The molecule has 0 aliphatic heterocycles. The number of nitrogens with zero attached hydrogens (tertiary/aromatic N) is 2. The lowest BCUT2D eigenvalue weighted by molar-refractivity contribution is 0.410. The van der Waals surface area contributed by atoms with Crippen LogP contribution in [0.5, 0.6) is 5.75 Å². The monoisotopic (exact) mass is 429 g/mol. The molecule has 6 nitrogen and oxygen atoms in total. The van der Waals surface area contributed by atoms with Gasteiger partial charge in [-0.05, 0) is 42.8 Å². The van der Waals surface area contributed by atoms with Crippen molar-refractivity contribution in [2.45, 2.75) is 11.8 Å². The zero-order chi connectivity index (χ0) is 20.6. The summed E-state index contributed by atoms with van der Waals surface area (Å²) in [6.07, 6.45) is 1.70. The van der Waals surface area contributed by atoms with E-state index in [-0.39, 0.29) is 5.75 Å². The van der Waals surface area contributed by atoms with Gasteiger partial charge < -0.3 is 4.74 Å². The van der Waals surface area contributed by atoms with E-state index < -0.39 is 20.7 Å². The van der Waals surface area contributed by atoms with Gasteiger partial charge in [-0.3, -0.25) is 4.72 Å². The van der Waals surface area contributed by atoms with E-state index in [0.29, 0.717) is 11.3 Å². The third-order valence-corrected chi connectivity index (χ3v) is 6.81. The first-order valence-electron chi connectivity index (χ1n) is 8.57. The third kappa shape index (κ3) is 3.66. The Morgan fingerprint density at radius 3 is 2.69 bits per heavy atom. The SMILES string of the molecule is COc1ccc(S(=O)(=O)Nc2cccc(-c3nc4cccnc4s3)c2C)c(F)c1. The molecule has 0 saturated carbocycles. The second kappa shape index (κ2) is 7.41. The van der Waals surface area contributed by atoms with Crippen LogP contribution in [0.15, 0.2) is 59.6 Å². The summed E-state index contributed by atoms with van der Waals surface area (Å²) < 4.78 is 47.2. The van der Waals surface area contributed by atoms with E-state index in [4.69, 9.17) is 4.74 Å². The highest BCUT2D eigenvalue weighted by Gasteiger charge is 2.21. The summed E-state index contributed by atoms with van der Waals surface area (Å²) in [4.78, 5) is 9.22. The van der Waals surface area contributed by atoms with Crippen LogP contribution < -0.4 is 9.46 Å². The Morgan fingerprint density at radius 2 is 1.97 bits per heavy atom. The van der Waals surface area contributed by atoms with Crippen molar-refractivity contribution < 1.29 is 17.5 Å². The van der Waals surface area contributed by atoms with Crippen LogP contribution in [0.25, 0.3) is 20.9 Å². The number of hydrogen-bond donors (Lipinski definition) is 1. The van der Waals surface area contributed by atoms with Gasteiger partial charge in [0.25, 0.3) is 10.0 Å². The second-order valence-corrected chi connectivity index (χ2v) is 8.86. The Balaban J connectivity index is 1.72. The van der Waals surface area contributed by atoms with E-state index in [1.165, 1.54) is 30.6 Å². The largest absolute Gasteiger partial charge is 0.497 e. The molecular weight excluding hydrogens is 413 g/mol. The molecule has 0 saturated heterocycles. The summed E-state index contributed by atoms with van der Waals surface area (Å²) >= 11 is 1.42. The number of halogens is 1. The number of methoxy groups -OCH3 is 1. The van der Waals surface area contributed by atoms with Crippen LogP contribution in [0.2, 0.25) is 0 Å². The molecular formula is C20H16FN3O3S2. The quantitative estimate of drug-likeness (QED) is 0.501. The van der Waals surface area contributed by atoms with Crippen molar-refractivity contribution in [3.8, 4) is 16.3 Å². The van der Waals surface area contributed by atoms with E-state index in [0.717, 1.165) is 27.0 Å². The molecule has 0 spiro atoms. The molecule has 0 amide bonds. The van der Waals surface area contributed by atoms with Gasteiger partial charge in [0, 0.05) is 17.8 Å². The van der Waals surface area contributed by atoms with E-state index in [1.54, 1.807) is 25.3 Å². The smallest absolute Gasteiger partial charge is 0.264 e. The number of nitrogens with one attached hydrogen (secondary N) is 1. The molecule has 0 bridgehead atoms. The number of ether oxygens (including phenoxy) is 1. The van der Waals surface area contributed by atoms with Crippen LogP contribution in [-0.4, -0.2) is 25.5 Å². The molecule has 0 atom stereocenters. The molecule has 0 fully saturated rings. The van der Waals surface area contributed by atoms with Gasteiger partial charge in [-0.2, -0.15) is 0 Å². The Bertz CT molecular complexity index is 1290. The maximum atomic E-state index is 14.3. The maximum Gasteiger partial charge on any atom is 0.264 e. The summed E-state index contributed by atoms with van der Waals surface area (Å²) in [5, 5.41) is 0.730. The Labute approximate surface area is 171 Å². The van der Waals surface area contributed by atoms with Crippen LogP contribution in [0, 0.1) is 12.7 Å². The molecule has 0 radical (unpaired) electrons. The molecule has 2 heterocycles. The standard InChI is InChI=1S/C20H16FN3O3S2/c1-12-14(19-23-17-7-4-10-22-20(17)28-19)5-3-6-16(12)24-29(25,26)18-9-8-13(27-2)11-15(18)21/h3-11,24H,1-2H3. The molecule has 4 rings (SSSR count). The first kappa shape index (κ1) is 19.3. The number of anilines is 1. The molecule has 2 aromatic carbocycles. The van der Waals surface area contributed by atoms with Crippen LogP contribution in [-0.2, 0) is 10.0 Å². The highest BCUT2D eigenvalue weighted by molar-refractivity contribution is 7.92. The fraction of sp³-hybridized carbons (Fsp3) is 0.100. The second-order valence-electron chi connectivity index (χ2n) is 6.23. The van der Waals surface area contributed by atoms with Crippen LogP contribution >= 0.6 is 11.3 Å². The number of fused-ring (bicyclic) bond motifs is 1. The van der Waals surface area contributed by atoms with Gasteiger partial charge in [-0.1, -0.05) is 23.5 Å². The molecule has 0 aliphatic rings. The highest BCUT2D eigenvalue weighted by atomic mass is 32.2. The van der Waals surface area contributed by atoms with Crippen molar-refractivity contribution in [3.63, 3.8) is 0 Å². The van der Waals surface area contributed by atoms with Crippen LogP contribution in [0.1, 0.15) is 5.56 Å². The Morgan fingerprint density at radius 1 is 1.14 bits per heavy atom. The van der Waals surface area contributed by atoms with Gasteiger partial charge in [0.05, 0.1) is 12.8 Å². The molecule has 29 heavy (non-hydrogen) atoms. The van der Waals surface area contributed by atoms with Crippen molar-refractivity contribution in [2.75, 3.05) is 11.8 Å². The van der Waals surface area contributed by atoms with Crippen molar-refractivity contribution >= 4 is 37.4 Å². The lowest BCUT2D eigenvalue weighted by Crippen LogP contribution is -2.15. The Kier molecular flexibility index (Phi) is 4.93. The first-order valence-corrected chi connectivity index (χ1v) is 10.9. The summed E-state index contributed by atoms with van der Waals surface area (Å²) in [7, 11) is -2.74. The zero-order valence-corrected chi connectivity index (χ0v) is 17.1. The third-order valence-electron chi connectivity index (χ3n) is 4.40. The van der Waals surface area contributed by atoms with Gasteiger partial charge >= 0.3 is 0 Å². The Hall–Kier alpha value is -3.04. The molecule has 4 aromatic rings. The minimum Gasteiger partial charge on any atom is -0.497 e. The number of rotatable bonds is 5. The van der Waals surface area contributed by atoms with E-state index >= 15 is 0 Å². The van der Waals surface area contributed by atoms with Crippen LogP contribution in [0.3, 0.4) is 0 Å². The average molecular weight is 429 g/mol. The zero-order valence-electron chi connectivity index (χ0n) is 15.5. The fourth-order valence-corrected chi connectivity index (χ4v) is 5.06. The summed E-state index contributed by atoms with van der Waals surface area (Å²) in [5.41, 5.74) is 2.59. The lowest BCUT2D eigenvalue weighted by atomic mass is 10.1. The number of aromatic nitrogens is 2. The van der Waals surface area contributed by atoms with Crippen molar-refractivity contribution in [1.29, 1.82) is 0 Å². The minimum absolute atomic E-state index is 0.240.